The second-order valence-electron chi connectivity index (χ2n) is 7.40. The van der Waals surface area contributed by atoms with Gasteiger partial charge in [-0.1, -0.05) is 0 Å². The van der Waals surface area contributed by atoms with Gasteiger partial charge in [-0.05, 0) is 74.0 Å². The minimum absolute atomic E-state index is 0. The summed E-state index contributed by atoms with van der Waals surface area (Å²) in [7, 11) is 1.60. The molecular weight excluding hydrogens is 312 g/mol. The molecule has 4 nitrogen and oxygen atoms in total. The van der Waals surface area contributed by atoms with Crippen molar-refractivity contribution >= 4 is 29.7 Å². The maximum absolute atomic E-state index is 12.8. The molecule has 23 heavy (non-hydrogen) atoms. The van der Waals surface area contributed by atoms with E-state index in [1.165, 1.54) is 32.1 Å². The minimum atomic E-state index is 0. The van der Waals surface area contributed by atoms with E-state index < -0.39 is 0 Å². The van der Waals surface area contributed by atoms with Crippen LogP contribution in [0.5, 0.6) is 5.75 Å². The van der Waals surface area contributed by atoms with Crippen LogP contribution in [0.3, 0.4) is 0 Å². The van der Waals surface area contributed by atoms with Gasteiger partial charge in [0.2, 0.25) is 5.91 Å². The van der Waals surface area contributed by atoms with Gasteiger partial charge in [-0.3, -0.25) is 4.79 Å². The second-order valence-corrected chi connectivity index (χ2v) is 7.40. The van der Waals surface area contributed by atoms with Crippen molar-refractivity contribution < 1.29 is 9.53 Å². The highest BCUT2D eigenvalue weighted by Crippen LogP contribution is 2.56. The molecule has 4 saturated carbocycles. The van der Waals surface area contributed by atoms with Crippen LogP contribution in [-0.2, 0) is 4.79 Å². The number of amides is 1. The fraction of sp³-hybridized carbons (Fsp3) is 0.611. The molecule has 0 unspecified atom stereocenters. The van der Waals surface area contributed by atoms with Crippen LogP contribution in [0.15, 0.2) is 18.2 Å². The van der Waals surface area contributed by atoms with Crippen molar-refractivity contribution in [2.75, 3.05) is 18.2 Å². The Labute approximate surface area is 143 Å². The number of rotatable bonds is 3. The Hall–Kier alpha value is -1.42. The van der Waals surface area contributed by atoms with Crippen molar-refractivity contribution in [2.45, 2.75) is 32.1 Å². The van der Waals surface area contributed by atoms with Crippen LogP contribution in [0.25, 0.3) is 0 Å². The van der Waals surface area contributed by atoms with Crippen LogP contribution < -0.4 is 15.8 Å². The maximum Gasteiger partial charge on any atom is 0.228 e. The maximum atomic E-state index is 12.8. The van der Waals surface area contributed by atoms with Crippen molar-refractivity contribution in [3.05, 3.63) is 18.2 Å². The van der Waals surface area contributed by atoms with Gasteiger partial charge < -0.3 is 15.8 Å². The third-order valence-electron chi connectivity index (χ3n) is 6.03. The molecule has 3 N–H and O–H groups in total. The Morgan fingerprint density at radius 2 is 1.74 bits per heavy atom. The van der Waals surface area contributed by atoms with Gasteiger partial charge in [-0.2, -0.15) is 0 Å². The highest BCUT2D eigenvalue weighted by atomic mass is 35.5. The predicted octanol–water partition coefficient (Wildman–Crippen LogP) is 3.71. The molecule has 0 saturated heterocycles. The smallest absolute Gasteiger partial charge is 0.228 e. The average Bonchev–Trinajstić information content (AvgIpc) is 2.46. The first-order valence-electron chi connectivity index (χ1n) is 8.38. The lowest BCUT2D eigenvalue weighted by atomic mass is 9.51. The van der Waals surface area contributed by atoms with Gasteiger partial charge in [-0.25, -0.2) is 0 Å². The molecule has 4 bridgehead atoms. The van der Waals surface area contributed by atoms with Crippen LogP contribution >= 0.6 is 12.4 Å². The molecule has 1 amide bonds. The summed E-state index contributed by atoms with van der Waals surface area (Å²) in [5, 5.41) is 3.09. The first kappa shape index (κ1) is 16.4. The van der Waals surface area contributed by atoms with Crippen LogP contribution in [0.1, 0.15) is 32.1 Å². The van der Waals surface area contributed by atoms with E-state index in [4.69, 9.17) is 10.5 Å². The summed E-state index contributed by atoms with van der Waals surface area (Å²) in [6.45, 7) is 0. The molecule has 0 spiro atoms. The lowest BCUT2D eigenvalue weighted by Crippen LogP contribution is -2.49. The number of methoxy groups -OCH3 is 1. The molecule has 4 aliphatic rings. The first-order valence-corrected chi connectivity index (χ1v) is 8.38. The number of nitrogen functional groups attached to an aromatic ring is 1. The molecule has 0 aliphatic heterocycles. The molecule has 4 fully saturated rings. The highest BCUT2D eigenvalue weighted by Gasteiger charge is 2.50. The third kappa shape index (κ3) is 2.89. The van der Waals surface area contributed by atoms with Crippen molar-refractivity contribution in [3.63, 3.8) is 0 Å². The van der Waals surface area contributed by atoms with Gasteiger partial charge in [0.25, 0.3) is 0 Å². The van der Waals surface area contributed by atoms with E-state index in [9.17, 15) is 4.79 Å². The van der Waals surface area contributed by atoms with E-state index in [1.54, 1.807) is 13.2 Å². The lowest BCUT2D eigenvalue weighted by Gasteiger charge is -2.53. The summed E-state index contributed by atoms with van der Waals surface area (Å²) in [5.74, 6) is 4.03. The SMILES string of the molecule is COc1ccc(NC(=O)C2C3CC4CC(C3)CC2C4)cc1N.Cl. The minimum Gasteiger partial charge on any atom is -0.495 e. The van der Waals surface area contributed by atoms with Crippen LogP contribution in [0, 0.1) is 29.6 Å². The fourth-order valence-electron chi connectivity index (χ4n) is 5.39. The summed E-state index contributed by atoms with van der Waals surface area (Å²) in [6, 6.07) is 5.46. The van der Waals surface area contributed by atoms with Gasteiger partial charge in [0, 0.05) is 11.6 Å². The molecular formula is C18H25ClN2O2. The summed E-state index contributed by atoms with van der Waals surface area (Å²) in [5.41, 5.74) is 7.26. The zero-order chi connectivity index (χ0) is 15.3. The molecule has 5 heteroatoms. The standard InChI is InChI=1S/C18H24N2O2.ClH/c1-22-16-3-2-14(9-15(16)19)20-18(21)17-12-5-10-4-11(7-12)8-13(17)6-10;/h2-3,9-13,17H,4-8,19H2,1H3,(H,20,21);1H. The molecule has 0 atom stereocenters. The van der Waals surface area contributed by atoms with E-state index in [-0.39, 0.29) is 24.2 Å². The van der Waals surface area contributed by atoms with Gasteiger partial charge in [0.05, 0.1) is 12.8 Å². The number of carbonyl (C=O) groups is 1. The molecule has 5 rings (SSSR count). The quantitative estimate of drug-likeness (QED) is 0.827. The van der Waals surface area contributed by atoms with Crippen molar-refractivity contribution in [1.29, 1.82) is 0 Å². The van der Waals surface area contributed by atoms with Gasteiger partial charge in [0.15, 0.2) is 0 Å². The molecule has 4 aliphatic carbocycles. The zero-order valence-corrected chi connectivity index (χ0v) is 14.3. The molecule has 126 valence electrons. The fourth-order valence-corrected chi connectivity index (χ4v) is 5.39. The Morgan fingerprint density at radius 3 is 2.26 bits per heavy atom. The number of hydrogen-bond acceptors (Lipinski definition) is 3. The number of nitrogens with two attached hydrogens (primary N) is 1. The lowest BCUT2D eigenvalue weighted by molar-refractivity contribution is -0.132. The largest absolute Gasteiger partial charge is 0.495 e. The summed E-state index contributed by atoms with van der Waals surface area (Å²) in [6.07, 6.45) is 6.45. The zero-order valence-electron chi connectivity index (χ0n) is 13.5. The van der Waals surface area contributed by atoms with Crippen molar-refractivity contribution in [3.8, 4) is 5.75 Å². The number of carbonyl (C=O) groups excluding carboxylic acids is 1. The summed E-state index contributed by atoms with van der Waals surface area (Å²) in [4.78, 5) is 12.8. The highest BCUT2D eigenvalue weighted by molar-refractivity contribution is 5.93. The van der Waals surface area contributed by atoms with Gasteiger partial charge in [0.1, 0.15) is 5.75 Å². The Morgan fingerprint density at radius 1 is 1.13 bits per heavy atom. The van der Waals surface area contributed by atoms with Crippen LogP contribution in [0.2, 0.25) is 0 Å². The van der Waals surface area contributed by atoms with Gasteiger partial charge in [-0.15, -0.1) is 12.4 Å². The summed E-state index contributed by atoms with van der Waals surface area (Å²) >= 11 is 0. The number of halogens is 1. The van der Waals surface area contributed by atoms with Crippen LogP contribution in [0.4, 0.5) is 11.4 Å². The Balaban J connectivity index is 0.00000156. The molecule has 0 heterocycles. The molecule has 1 aromatic rings. The topological polar surface area (TPSA) is 64.3 Å². The molecule has 1 aromatic carbocycles. The molecule has 0 radical (unpaired) electrons. The van der Waals surface area contributed by atoms with Gasteiger partial charge >= 0.3 is 0 Å². The Bertz CT molecular complexity index is 577. The number of benzene rings is 1. The number of ether oxygens (including phenoxy) is 1. The van der Waals surface area contributed by atoms with Crippen LogP contribution in [-0.4, -0.2) is 13.0 Å². The van der Waals surface area contributed by atoms with E-state index in [0.717, 1.165) is 17.5 Å². The first-order chi connectivity index (χ1) is 10.6. The van der Waals surface area contributed by atoms with E-state index in [2.05, 4.69) is 5.32 Å². The average molecular weight is 337 g/mol. The van der Waals surface area contributed by atoms with Crippen molar-refractivity contribution in [2.24, 2.45) is 29.6 Å². The summed E-state index contributed by atoms with van der Waals surface area (Å²) < 4.78 is 5.16. The number of anilines is 2. The third-order valence-corrected chi connectivity index (χ3v) is 6.03. The van der Waals surface area contributed by atoms with Crippen molar-refractivity contribution in [1.82, 2.24) is 0 Å². The van der Waals surface area contributed by atoms with E-state index in [0.29, 0.717) is 23.3 Å². The predicted molar refractivity (Wildman–Crippen MR) is 93.8 cm³/mol. The molecule has 0 aromatic heterocycles. The van der Waals surface area contributed by atoms with E-state index >= 15 is 0 Å². The second kappa shape index (κ2) is 6.23. The van der Waals surface area contributed by atoms with E-state index in [1.807, 2.05) is 12.1 Å². The Kier molecular flexibility index (Phi) is 4.45. The monoisotopic (exact) mass is 336 g/mol. The number of nitrogens with one attached hydrogen (secondary N) is 1. The normalized spacial score (nSPS) is 33.9. The number of hydrogen-bond donors (Lipinski definition) is 2.